The van der Waals surface area contributed by atoms with Crippen LogP contribution < -0.4 is 0 Å². The Labute approximate surface area is 105 Å². The molecule has 0 heterocycles. The predicted molar refractivity (Wildman–Crippen MR) is 66.6 cm³/mol. The van der Waals surface area contributed by atoms with E-state index in [0.717, 1.165) is 11.1 Å². The first kappa shape index (κ1) is 12.5. The third-order valence-corrected chi connectivity index (χ3v) is 2.94. The average molecular weight is 246 g/mol. The van der Waals surface area contributed by atoms with Crippen LogP contribution in [0, 0.1) is 0 Å². The van der Waals surface area contributed by atoms with Crippen molar-refractivity contribution in [2.75, 3.05) is 0 Å². The van der Waals surface area contributed by atoms with Crippen LogP contribution in [-0.4, -0.2) is 27.6 Å². The van der Waals surface area contributed by atoms with Crippen LogP contribution in [0.1, 0.15) is 12.8 Å². The lowest BCUT2D eigenvalue weighted by Gasteiger charge is -2.16. The summed E-state index contributed by atoms with van der Waals surface area (Å²) in [7, 11) is 0. The summed E-state index contributed by atoms with van der Waals surface area (Å²) in [6, 6.07) is 0. The Bertz CT molecular complexity index is 484. The van der Waals surface area contributed by atoms with Crippen molar-refractivity contribution in [1.29, 1.82) is 0 Å². The summed E-state index contributed by atoms with van der Waals surface area (Å²) >= 11 is 0. The number of carboxylic acid groups (broad SMARTS) is 1. The molecule has 0 bridgehead atoms. The van der Waals surface area contributed by atoms with Crippen molar-refractivity contribution in [3.8, 4) is 0 Å². The topological polar surface area (TPSA) is 77.8 Å². The molecule has 0 saturated carbocycles. The molecule has 2 rings (SSSR count). The Morgan fingerprint density at radius 3 is 1.83 bits per heavy atom. The van der Waals surface area contributed by atoms with Gasteiger partial charge in [-0.25, -0.2) is 4.79 Å². The minimum atomic E-state index is -1.99. The molecular weight excluding hydrogens is 232 g/mol. The largest absolute Gasteiger partial charge is 0.478 e. The first-order valence-electron chi connectivity index (χ1n) is 5.67. The lowest BCUT2D eigenvalue weighted by Crippen LogP contribution is -2.20. The Kier molecular flexibility index (Phi) is 3.60. The van der Waals surface area contributed by atoms with E-state index in [4.69, 9.17) is 5.11 Å². The van der Waals surface area contributed by atoms with Gasteiger partial charge in [0.2, 0.25) is 0 Å². The molecular formula is C14H14O4. The molecule has 0 spiro atoms. The molecule has 0 aromatic heterocycles. The predicted octanol–water partition coefficient (Wildman–Crippen LogP) is 1.45. The van der Waals surface area contributed by atoms with Gasteiger partial charge in [0, 0.05) is 0 Å². The maximum absolute atomic E-state index is 11.2. The number of aliphatic hydroxyl groups is 2. The van der Waals surface area contributed by atoms with E-state index in [9.17, 15) is 15.0 Å². The van der Waals surface area contributed by atoms with Crippen LogP contribution >= 0.6 is 0 Å². The molecule has 4 heteroatoms. The number of carboxylic acids is 1. The third-order valence-electron chi connectivity index (χ3n) is 2.94. The van der Waals surface area contributed by atoms with E-state index >= 15 is 0 Å². The van der Waals surface area contributed by atoms with Crippen LogP contribution in [0.15, 0.2) is 58.7 Å². The normalized spacial score (nSPS) is 17.1. The highest BCUT2D eigenvalue weighted by molar-refractivity contribution is 5.91. The first-order valence-corrected chi connectivity index (χ1v) is 5.67. The number of rotatable bonds is 4. The van der Waals surface area contributed by atoms with Gasteiger partial charge in [-0.15, -0.1) is 0 Å². The number of carbonyl (C=O) groups is 1. The van der Waals surface area contributed by atoms with E-state index in [1.807, 2.05) is 24.3 Å². The van der Waals surface area contributed by atoms with Gasteiger partial charge < -0.3 is 15.3 Å². The van der Waals surface area contributed by atoms with Crippen molar-refractivity contribution >= 4 is 5.97 Å². The second-order valence-corrected chi connectivity index (χ2v) is 4.12. The lowest BCUT2D eigenvalue weighted by atomic mass is 9.91. The van der Waals surface area contributed by atoms with E-state index in [-0.39, 0.29) is 5.57 Å². The zero-order valence-electron chi connectivity index (χ0n) is 9.71. The van der Waals surface area contributed by atoms with Crippen molar-refractivity contribution in [1.82, 2.24) is 0 Å². The molecule has 0 aliphatic heterocycles. The highest BCUT2D eigenvalue weighted by Crippen LogP contribution is 2.33. The highest BCUT2D eigenvalue weighted by Gasteiger charge is 2.26. The quantitative estimate of drug-likeness (QED) is 0.518. The summed E-state index contributed by atoms with van der Waals surface area (Å²) < 4.78 is 0. The van der Waals surface area contributed by atoms with Gasteiger partial charge in [0.25, 0.3) is 0 Å². The van der Waals surface area contributed by atoms with Gasteiger partial charge in [0.05, 0.1) is 5.57 Å². The summed E-state index contributed by atoms with van der Waals surface area (Å²) in [5.74, 6) is -1.30. The van der Waals surface area contributed by atoms with Crippen LogP contribution in [0.5, 0.6) is 0 Å². The molecule has 2 aliphatic rings. The fraction of sp³-hybridized carbons (Fsp3) is 0.214. The Morgan fingerprint density at radius 2 is 1.56 bits per heavy atom. The van der Waals surface area contributed by atoms with Gasteiger partial charge in [0.1, 0.15) is 0 Å². The van der Waals surface area contributed by atoms with Crippen LogP contribution in [-0.2, 0) is 4.79 Å². The summed E-state index contributed by atoms with van der Waals surface area (Å²) in [5.41, 5.74) is 1.68. The van der Waals surface area contributed by atoms with Crippen LogP contribution in [0.4, 0.5) is 0 Å². The number of aliphatic carboxylic acids is 1. The molecule has 0 aromatic carbocycles. The summed E-state index contributed by atoms with van der Waals surface area (Å²) in [6.45, 7) is 0. The van der Waals surface area contributed by atoms with Gasteiger partial charge in [0.15, 0.2) is 6.29 Å². The van der Waals surface area contributed by atoms with Crippen LogP contribution in [0.3, 0.4) is 0 Å². The Morgan fingerprint density at radius 1 is 1.06 bits per heavy atom. The van der Waals surface area contributed by atoms with E-state index in [2.05, 4.69) is 0 Å². The zero-order chi connectivity index (χ0) is 13.1. The fourth-order valence-electron chi connectivity index (χ4n) is 2.16. The van der Waals surface area contributed by atoms with Crippen molar-refractivity contribution in [3.05, 3.63) is 58.7 Å². The minimum Gasteiger partial charge on any atom is -0.478 e. The molecule has 94 valence electrons. The number of hydrogen-bond acceptors (Lipinski definition) is 3. The molecule has 4 nitrogen and oxygen atoms in total. The van der Waals surface area contributed by atoms with E-state index < -0.39 is 12.3 Å². The molecule has 0 radical (unpaired) electrons. The van der Waals surface area contributed by atoms with E-state index in [0.29, 0.717) is 18.4 Å². The summed E-state index contributed by atoms with van der Waals surface area (Å²) in [4.78, 5) is 11.2. The molecule has 0 fully saturated rings. The van der Waals surface area contributed by atoms with Gasteiger partial charge in [-0.2, -0.15) is 0 Å². The number of allylic oxidation sites excluding steroid dienone is 9. The van der Waals surface area contributed by atoms with E-state index in [1.165, 1.54) is 0 Å². The molecule has 0 unspecified atom stereocenters. The molecule has 0 atom stereocenters. The summed E-state index contributed by atoms with van der Waals surface area (Å²) in [5, 5.41) is 27.8. The van der Waals surface area contributed by atoms with E-state index in [1.54, 1.807) is 12.2 Å². The lowest BCUT2D eigenvalue weighted by molar-refractivity contribution is -0.136. The van der Waals surface area contributed by atoms with Gasteiger partial charge in [-0.3, -0.25) is 0 Å². The molecule has 0 amide bonds. The molecule has 0 saturated heterocycles. The first-order chi connectivity index (χ1) is 8.61. The maximum Gasteiger partial charge on any atom is 0.337 e. The summed E-state index contributed by atoms with van der Waals surface area (Å²) in [6.07, 6.45) is 10.3. The van der Waals surface area contributed by atoms with Crippen molar-refractivity contribution in [3.63, 3.8) is 0 Å². The highest BCUT2D eigenvalue weighted by atomic mass is 16.5. The third kappa shape index (κ3) is 2.34. The molecule has 3 N–H and O–H groups in total. The molecule has 0 aromatic rings. The SMILES string of the molecule is O=C(O)C(=C(C1=CC=CC1)C1=CC=CC1)C(O)O. The Hall–Kier alpha value is -1.91. The second kappa shape index (κ2) is 5.16. The monoisotopic (exact) mass is 246 g/mol. The van der Waals surface area contributed by atoms with Gasteiger partial charge >= 0.3 is 5.97 Å². The maximum atomic E-state index is 11.2. The zero-order valence-corrected chi connectivity index (χ0v) is 9.71. The number of aliphatic hydroxyl groups excluding tert-OH is 1. The van der Waals surface area contributed by atoms with Gasteiger partial charge in [-0.05, 0) is 29.6 Å². The van der Waals surface area contributed by atoms with Gasteiger partial charge in [-0.1, -0.05) is 36.5 Å². The van der Waals surface area contributed by atoms with Crippen molar-refractivity contribution < 1.29 is 20.1 Å². The molecule has 2 aliphatic carbocycles. The smallest absolute Gasteiger partial charge is 0.337 e. The minimum absolute atomic E-state index is 0.361. The standard InChI is InChI=1S/C14H14O4/c15-13(16)12(14(17)18)11(9-5-1-2-6-9)10-7-3-4-8-10/h1-5,7,13,15-16H,6,8H2,(H,17,18). The van der Waals surface area contributed by atoms with Crippen LogP contribution in [0.25, 0.3) is 0 Å². The molecule has 18 heavy (non-hydrogen) atoms. The Balaban J connectivity index is 2.52. The van der Waals surface area contributed by atoms with Crippen LogP contribution in [0.2, 0.25) is 0 Å². The average Bonchev–Trinajstić information content (AvgIpc) is 2.98. The van der Waals surface area contributed by atoms with Crippen molar-refractivity contribution in [2.45, 2.75) is 19.1 Å². The second-order valence-electron chi connectivity index (χ2n) is 4.12. The van der Waals surface area contributed by atoms with Crippen molar-refractivity contribution in [2.24, 2.45) is 0 Å². The fourth-order valence-corrected chi connectivity index (χ4v) is 2.16. The number of hydrogen-bond donors (Lipinski definition) is 3.